The molecule has 1 unspecified atom stereocenters. The highest BCUT2D eigenvalue weighted by Gasteiger charge is 2.38. The van der Waals surface area contributed by atoms with Crippen molar-refractivity contribution in [2.24, 2.45) is 0 Å². The van der Waals surface area contributed by atoms with Gasteiger partial charge in [0.2, 0.25) is 0 Å². The molecule has 0 radical (unpaired) electrons. The average Bonchev–Trinajstić information content (AvgIpc) is 3.03. The Morgan fingerprint density at radius 2 is 1.54 bits per heavy atom. The van der Waals surface area contributed by atoms with Crippen molar-refractivity contribution in [1.29, 1.82) is 0 Å². The van der Waals surface area contributed by atoms with Crippen LogP contribution in [-0.4, -0.2) is 18.2 Å². The van der Waals surface area contributed by atoms with Crippen LogP contribution in [0, 0.1) is 0 Å². The summed E-state index contributed by atoms with van der Waals surface area (Å²) in [6.45, 7) is 6.46. The van der Waals surface area contributed by atoms with Crippen LogP contribution >= 0.6 is 7.60 Å². The molecule has 0 bridgehead atoms. The molecule has 1 aromatic heterocycles. The minimum atomic E-state index is -3.29. The highest BCUT2D eigenvalue weighted by molar-refractivity contribution is 7.54. The standard InChI is InChI=1S/C21H26NO3P/c1-4-19(26(23,24-5-2)25-6-3)20-17-14-10-11-15-18(17)22-21(20)16-12-8-7-9-13-16/h7-15,19,22H,4-6H2,1-3H3. The van der Waals surface area contributed by atoms with Crippen molar-refractivity contribution in [3.63, 3.8) is 0 Å². The lowest BCUT2D eigenvalue weighted by Crippen LogP contribution is -2.07. The molecule has 2 aromatic carbocycles. The molecule has 138 valence electrons. The van der Waals surface area contributed by atoms with Crippen molar-refractivity contribution in [3.05, 3.63) is 60.2 Å². The SMILES string of the molecule is CCOP(=O)(OCC)C(CC)c1c(-c2ccccc2)[nH]c2ccccc12. The lowest BCUT2D eigenvalue weighted by atomic mass is 10.0. The molecule has 0 aliphatic carbocycles. The lowest BCUT2D eigenvalue weighted by molar-refractivity contribution is 0.211. The molecule has 1 N–H and O–H groups in total. The second kappa shape index (κ2) is 8.22. The number of hydrogen-bond acceptors (Lipinski definition) is 3. The fourth-order valence-electron chi connectivity index (χ4n) is 3.51. The third kappa shape index (κ3) is 3.50. The van der Waals surface area contributed by atoms with Crippen LogP contribution in [0.1, 0.15) is 38.4 Å². The molecule has 3 rings (SSSR count). The van der Waals surface area contributed by atoms with Gasteiger partial charge in [-0.25, -0.2) is 0 Å². The molecule has 0 fully saturated rings. The van der Waals surface area contributed by atoms with Crippen LogP contribution in [0.3, 0.4) is 0 Å². The number of hydrogen-bond donors (Lipinski definition) is 1. The van der Waals surface area contributed by atoms with Gasteiger partial charge in [-0.2, -0.15) is 0 Å². The third-order valence-corrected chi connectivity index (χ3v) is 7.15. The summed E-state index contributed by atoms with van der Waals surface area (Å²) in [5.74, 6) is 0. The first-order valence-corrected chi connectivity index (χ1v) is 10.8. The molecule has 3 aromatic rings. The summed E-state index contributed by atoms with van der Waals surface area (Å²) < 4.78 is 25.0. The van der Waals surface area contributed by atoms with E-state index in [1.165, 1.54) is 0 Å². The van der Waals surface area contributed by atoms with Crippen LogP contribution in [0.2, 0.25) is 0 Å². The third-order valence-electron chi connectivity index (χ3n) is 4.53. The molecule has 26 heavy (non-hydrogen) atoms. The number of aromatic amines is 1. The van der Waals surface area contributed by atoms with Crippen LogP contribution < -0.4 is 0 Å². The topological polar surface area (TPSA) is 51.3 Å². The van der Waals surface area contributed by atoms with Gasteiger partial charge in [0.1, 0.15) is 0 Å². The number of fused-ring (bicyclic) bond motifs is 1. The summed E-state index contributed by atoms with van der Waals surface area (Å²) >= 11 is 0. The first-order valence-electron chi connectivity index (χ1n) is 9.19. The van der Waals surface area contributed by atoms with Gasteiger partial charge in [-0.05, 0) is 31.9 Å². The molecule has 0 spiro atoms. The van der Waals surface area contributed by atoms with Gasteiger partial charge in [0, 0.05) is 16.5 Å². The van der Waals surface area contributed by atoms with Crippen molar-refractivity contribution in [2.45, 2.75) is 32.9 Å². The summed E-state index contributed by atoms with van der Waals surface area (Å²) in [6.07, 6.45) is 0.666. The summed E-state index contributed by atoms with van der Waals surface area (Å²) in [5.41, 5.74) is 3.77. The quantitative estimate of drug-likeness (QED) is 0.457. The van der Waals surface area contributed by atoms with E-state index in [4.69, 9.17) is 9.05 Å². The van der Waals surface area contributed by atoms with Gasteiger partial charge in [-0.15, -0.1) is 0 Å². The second-order valence-electron chi connectivity index (χ2n) is 6.12. The summed E-state index contributed by atoms with van der Waals surface area (Å²) in [5, 5.41) is 1.07. The van der Waals surface area contributed by atoms with E-state index in [0.717, 1.165) is 27.7 Å². The predicted molar refractivity (Wildman–Crippen MR) is 108 cm³/mol. The smallest absolute Gasteiger partial charge is 0.338 e. The van der Waals surface area contributed by atoms with Crippen molar-refractivity contribution >= 4 is 18.5 Å². The number of rotatable bonds is 8. The van der Waals surface area contributed by atoms with Gasteiger partial charge in [0.05, 0.1) is 24.6 Å². The monoisotopic (exact) mass is 371 g/mol. The van der Waals surface area contributed by atoms with Crippen LogP contribution in [-0.2, 0) is 13.6 Å². The Balaban J connectivity index is 2.25. The molecule has 0 aliphatic rings. The van der Waals surface area contributed by atoms with Gasteiger partial charge >= 0.3 is 7.60 Å². The van der Waals surface area contributed by atoms with E-state index in [1.807, 2.05) is 57.2 Å². The van der Waals surface area contributed by atoms with Crippen LogP contribution in [0.15, 0.2) is 54.6 Å². The van der Waals surface area contributed by atoms with E-state index < -0.39 is 7.60 Å². The number of nitrogens with one attached hydrogen (secondary N) is 1. The number of para-hydroxylation sites is 1. The summed E-state index contributed by atoms with van der Waals surface area (Å²) in [4.78, 5) is 3.52. The first kappa shape index (κ1) is 18.9. The zero-order valence-electron chi connectivity index (χ0n) is 15.6. The molecule has 1 atom stereocenters. The first-order chi connectivity index (χ1) is 12.6. The minimum Gasteiger partial charge on any atom is -0.354 e. The molecule has 4 nitrogen and oxygen atoms in total. The maximum atomic E-state index is 13.6. The molecule has 1 heterocycles. The van der Waals surface area contributed by atoms with Gasteiger partial charge in [0.25, 0.3) is 0 Å². The molecular formula is C21H26NO3P. The lowest BCUT2D eigenvalue weighted by Gasteiger charge is -2.26. The van der Waals surface area contributed by atoms with E-state index in [2.05, 4.69) is 23.2 Å². The molecule has 0 saturated carbocycles. The Morgan fingerprint density at radius 1 is 0.923 bits per heavy atom. The van der Waals surface area contributed by atoms with Crippen LogP contribution in [0.25, 0.3) is 22.2 Å². The Morgan fingerprint density at radius 3 is 2.15 bits per heavy atom. The Labute approximate surface area is 155 Å². The predicted octanol–water partition coefficient (Wildman–Crippen LogP) is 6.55. The summed E-state index contributed by atoms with van der Waals surface area (Å²) in [7, 11) is -3.29. The minimum absolute atomic E-state index is 0.325. The van der Waals surface area contributed by atoms with Crippen LogP contribution in [0.5, 0.6) is 0 Å². The zero-order chi connectivity index (χ0) is 18.6. The Hall–Kier alpha value is -1.87. The molecular weight excluding hydrogens is 345 g/mol. The molecule has 5 heteroatoms. The Bertz CT molecular complexity index is 894. The van der Waals surface area contributed by atoms with E-state index >= 15 is 0 Å². The summed E-state index contributed by atoms with van der Waals surface area (Å²) in [6, 6.07) is 18.3. The Kier molecular flexibility index (Phi) is 5.98. The average molecular weight is 371 g/mol. The maximum absolute atomic E-state index is 13.6. The largest absolute Gasteiger partial charge is 0.354 e. The van der Waals surface area contributed by atoms with Gasteiger partial charge in [-0.1, -0.05) is 55.5 Å². The number of aromatic nitrogens is 1. The van der Waals surface area contributed by atoms with E-state index in [0.29, 0.717) is 19.6 Å². The highest BCUT2D eigenvalue weighted by atomic mass is 31.2. The van der Waals surface area contributed by atoms with Crippen molar-refractivity contribution < 1.29 is 13.6 Å². The molecule has 0 saturated heterocycles. The highest BCUT2D eigenvalue weighted by Crippen LogP contribution is 2.64. The van der Waals surface area contributed by atoms with Crippen molar-refractivity contribution in [2.75, 3.05) is 13.2 Å². The molecule has 0 aliphatic heterocycles. The maximum Gasteiger partial charge on any atom is 0.338 e. The van der Waals surface area contributed by atoms with Gasteiger partial charge in [0.15, 0.2) is 0 Å². The molecule has 0 amide bonds. The number of benzene rings is 2. The zero-order valence-corrected chi connectivity index (χ0v) is 16.5. The van der Waals surface area contributed by atoms with Crippen LogP contribution in [0.4, 0.5) is 0 Å². The van der Waals surface area contributed by atoms with E-state index in [9.17, 15) is 4.57 Å². The van der Waals surface area contributed by atoms with Gasteiger partial charge < -0.3 is 14.0 Å². The van der Waals surface area contributed by atoms with E-state index in [-0.39, 0.29) is 5.66 Å². The fraction of sp³-hybridized carbons (Fsp3) is 0.333. The van der Waals surface area contributed by atoms with E-state index in [1.54, 1.807) is 0 Å². The fourth-order valence-corrected chi connectivity index (χ4v) is 5.69. The normalized spacial score (nSPS) is 13.2. The van der Waals surface area contributed by atoms with Crippen molar-refractivity contribution in [3.8, 4) is 11.3 Å². The second-order valence-corrected chi connectivity index (χ2v) is 8.34. The number of H-pyrrole nitrogens is 1. The van der Waals surface area contributed by atoms with Crippen molar-refractivity contribution in [1.82, 2.24) is 4.98 Å². The van der Waals surface area contributed by atoms with Gasteiger partial charge in [-0.3, -0.25) is 4.57 Å².